The zero-order valence-corrected chi connectivity index (χ0v) is 17.6. The van der Waals surface area contributed by atoms with Crippen molar-refractivity contribution >= 4 is 0 Å². The van der Waals surface area contributed by atoms with Crippen LogP contribution in [0.1, 0.15) is 45.1 Å². The number of benzene rings is 1. The highest BCUT2D eigenvalue weighted by atomic mass is 16.5. The van der Waals surface area contributed by atoms with E-state index in [9.17, 15) is 5.11 Å². The molecule has 27 heavy (non-hydrogen) atoms. The van der Waals surface area contributed by atoms with Gasteiger partial charge in [0.2, 0.25) is 0 Å². The minimum atomic E-state index is -0.481. The van der Waals surface area contributed by atoms with E-state index in [0.717, 1.165) is 26.2 Å². The third kappa shape index (κ3) is 8.08. The molecular weight excluding hydrogens is 340 g/mol. The lowest BCUT2D eigenvalue weighted by molar-refractivity contribution is 0.0608. The van der Waals surface area contributed by atoms with Crippen LogP contribution in [0.25, 0.3) is 0 Å². The Labute approximate surface area is 165 Å². The summed E-state index contributed by atoms with van der Waals surface area (Å²) in [4.78, 5) is 4.66. The molecule has 1 aromatic rings. The Hall–Kier alpha value is -1.30. The third-order valence-electron chi connectivity index (χ3n) is 5.12. The van der Waals surface area contributed by atoms with Crippen molar-refractivity contribution in [2.75, 3.05) is 46.9 Å². The average Bonchev–Trinajstić information content (AvgIpc) is 2.65. The highest BCUT2D eigenvalue weighted by molar-refractivity contribution is 5.43. The van der Waals surface area contributed by atoms with Gasteiger partial charge in [0.15, 0.2) is 11.5 Å². The fourth-order valence-corrected chi connectivity index (χ4v) is 3.48. The van der Waals surface area contributed by atoms with Crippen molar-refractivity contribution < 1.29 is 14.6 Å². The van der Waals surface area contributed by atoms with Crippen LogP contribution in [0.15, 0.2) is 18.2 Å². The van der Waals surface area contributed by atoms with Crippen molar-refractivity contribution in [3.05, 3.63) is 23.8 Å². The molecule has 0 spiro atoms. The first-order valence-electron chi connectivity index (χ1n) is 10.4. The molecule has 2 rings (SSSR count). The van der Waals surface area contributed by atoms with Gasteiger partial charge in [-0.15, -0.1) is 0 Å². The maximum atomic E-state index is 10.3. The zero-order valence-electron chi connectivity index (χ0n) is 17.6. The quantitative estimate of drug-likeness (QED) is 0.639. The molecule has 1 aliphatic rings. The fraction of sp³-hybridized carbons (Fsp3) is 0.727. The monoisotopic (exact) mass is 378 g/mol. The number of nitrogens with zero attached hydrogens (tertiary/aromatic N) is 2. The first kappa shape index (κ1) is 22.0. The number of methoxy groups -OCH3 is 1. The molecule has 0 aliphatic carbocycles. The second-order valence-electron chi connectivity index (χ2n) is 8.23. The number of aliphatic hydroxyl groups is 1. The molecule has 1 fully saturated rings. The summed E-state index contributed by atoms with van der Waals surface area (Å²) < 4.78 is 11.4. The summed E-state index contributed by atoms with van der Waals surface area (Å²) in [6.07, 6.45) is 4.48. The van der Waals surface area contributed by atoms with Gasteiger partial charge >= 0.3 is 0 Å². The Morgan fingerprint density at radius 1 is 1.15 bits per heavy atom. The first-order valence-corrected chi connectivity index (χ1v) is 10.4. The van der Waals surface area contributed by atoms with E-state index >= 15 is 0 Å². The van der Waals surface area contributed by atoms with E-state index in [1.54, 1.807) is 7.11 Å². The number of rotatable bonds is 11. The SMILES string of the molecule is COc1ccc(CN(C)CCC(C)C)cc1OC[C@@H](O)CN1CCCCC1. The van der Waals surface area contributed by atoms with Gasteiger partial charge in [-0.2, -0.15) is 0 Å². The second kappa shape index (κ2) is 11.5. The Morgan fingerprint density at radius 2 is 1.89 bits per heavy atom. The molecule has 0 radical (unpaired) electrons. The van der Waals surface area contributed by atoms with Crippen molar-refractivity contribution in [2.24, 2.45) is 5.92 Å². The van der Waals surface area contributed by atoms with E-state index in [1.165, 1.54) is 31.2 Å². The number of hydrogen-bond acceptors (Lipinski definition) is 5. The lowest BCUT2D eigenvalue weighted by Gasteiger charge is -2.28. The van der Waals surface area contributed by atoms with Gasteiger partial charge in [0.25, 0.3) is 0 Å². The lowest BCUT2D eigenvalue weighted by Crippen LogP contribution is -2.38. The maximum absolute atomic E-state index is 10.3. The van der Waals surface area contributed by atoms with Crippen molar-refractivity contribution in [3.63, 3.8) is 0 Å². The molecule has 0 unspecified atom stereocenters. The Kier molecular flexibility index (Phi) is 9.39. The van der Waals surface area contributed by atoms with Gasteiger partial charge in [0, 0.05) is 13.1 Å². The fourth-order valence-electron chi connectivity index (χ4n) is 3.48. The van der Waals surface area contributed by atoms with Crippen LogP contribution < -0.4 is 9.47 Å². The summed E-state index contributed by atoms with van der Waals surface area (Å²) in [6, 6.07) is 6.08. The molecule has 0 amide bonds. The minimum Gasteiger partial charge on any atom is -0.493 e. The number of hydrogen-bond donors (Lipinski definition) is 1. The number of ether oxygens (including phenoxy) is 2. The standard InChI is InChI=1S/C22H38N2O3/c1-18(2)10-13-23(3)15-19-8-9-21(26-4)22(14-19)27-17-20(25)16-24-11-6-5-7-12-24/h8-9,14,18,20,25H,5-7,10-13,15-17H2,1-4H3/t20-/m0/s1. The predicted octanol–water partition coefficient (Wildman–Crippen LogP) is 3.40. The molecule has 1 saturated heterocycles. The molecule has 1 heterocycles. The highest BCUT2D eigenvalue weighted by Crippen LogP contribution is 2.28. The molecule has 1 aliphatic heterocycles. The number of aliphatic hydroxyl groups excluding tert-OH is 1. The van der Waals surface area contributed by atoms with Gasteiger partial charge in [-0.3, -0.25) is 0 Å². The molecule has 1 atom stereocenters. The van der Waals surface area contributed by atoms with E-state index in [2.05, 4.69) is 36.8 Å². The van der Waals surface area contributed by atoms with Crippen molar-refractivity contribution in [1.82, 2.24) is 9.80 Å². The Bertz CT molecular complexity index is 544. The van der Waals surface area contributed by atoms with Crippen LogP contribution in [-0.2, 0) is 6.54 Å². The van der Waals surface area contributed by atoms with E-state index < -0.39 is 6.10 Å². The van der Waals surface area contributed by atoms with E-state index in [1.807, 2.05) is 12.1 Å². The molecular formula is C22H38N2O3. The number of β-amino-alcohol motifs (C(OH)–C–C–N with tert-alkyl or cyclic N) is 1. The molecule has 0 aromatic heterocycles. The third-order valence-corrected chi connectivity index (χ3v) is 5.12. The van der Waals surface area contributed by atoms with Crippen molar-refractivity contribution in [2.45, 2.75) is 52.2 Å². The van der Waals surface area contributed by atoms with E-state index in [-0.39, 0.29) is 0 Å². The predicted molar refractivity (Wildman–Crippen MR) is 111 cm³/mol. The topological polar surface area (TPSA) is 45.2 Å². The maximum Gasteiger partial charge on any atom is 0.161 e. The van der Waals surface area contributed by atoms with Crippen LogP contribution >= 0.6 is 0 Å². The van der Waals surface area contributed by atoms with Crippen LogP contribution in [0.5, 0.6) is 11.5 Å². The van der Waals surface area contributed by atoms with Crippen LogP contribution in [0.4, 0.5) is 0 Å². The lowest BCUT2D eigenvalue weighted by atomic mass is 10.1. The smallest absolute Gasteiger partial charge is 0.161 e. The van der Waals surface area contributed by atoms with Gasteiger partial charge in [-0.25, -0.2) is 0 Å². The van der Waals surface area contributed by atoms with Gasteiger partial charge in [-0.1, -0.05) is 26.3 Å². The van der Waals surface area contributed by atoms with Crippen molar-refractivity contribution in [3.8, 4) is 11.5 Å². The summed E-state index contributed by atoms with van der Waals surface area (Å²) in [6.45, 7) is 9.60. The summed E-state index contributed by atoms with van der Waals surface area (Å²) in [5, 5.41) is 10.3. The molecule has 1 N–H and O–H groups in total. The Balaban J connectivity index is 1.87. The van der Waals surface area contributed by atoms with Crippen LogP contribution in [-0.4, -0.2) is 68.0 Å². The van der Waals surface area contributed by atoms with Crippen LogP contribution in [0, 0.1) is 5.92 Å². The van der Waals surface area contributed by atoms with Crippen LogP contribution in [0.3, 0.4) is 0 Å². The van der Waals surface area contributed by atoms with Crippen LogP contribution in [0.2, 0.25) is 0 Å². The summed E-state index contributed by atoms with van der Waals surface area (Å²) in [5.74, 6) is 2.14. The normalized spacial score (nSPS) is 16.7. The summed E-state index contributed by atoms with van der Waals surface area (Å²) in [5.41, 5.74) is 1.20. The van der Waals surface area contributed by atoms with Gasteiger partial charge in [-0.05, 0) is 69.6 Å². The Morgan fingerprint density at radius 3 is 2.56 bits per heavy atom. The molecule has 0 saturated carbocycles. The molecule has 1 aromatic carbocycles. The second-order valence-corrected chi connectivity index (χ2v) is 8.23. The average molecular weight is 379 g/mol. The van der Waals surface area contributed by atoms with Gasteiger partial charge in [0.05, 0.1) is 7.11 Å². The summed E-state index contributed by atoms with van der Waals surface area (Å²) in [7, 11) is 3.80. The van der Waals surface area contributed by atoms with E-state index in [0.29, 0.717) is 30.6 Å². The molecule has 154 valence electrons. The molecule has 5 nitrogen and oxygen atoms in total. The minimum absolute atomic E-state index is 0.291. The van der Waals surface area contributed by atoms with Gasteiger partial charge < -0.3 is 24.4 Å². The zero-order chi connectivity index (χ0) is 19.6. The highest BCUT2D eigenvalue weighted by Gasteiger charge is 2.16. The van der Waals surface area contributed by atoms with Crippen molar-refractivity contribution in [1.29, 1.82) is 0 Å². The number of piperidine rings is 1. The molecule has 0 bridgehead atoms. The summed E-state index contributed by atoms with van der Waals surface area (Å²) >= 11 is 0. The largest absolute Gasteiger partial charge is 0.493 e. The van der Waals surface area contributed by atoms with E-state index in [4.69, 9.17) is 9.47 Å². The first-order chi connectivity index (χ1) is 13.0. The van der Waals surface area contributed by atoms with Gasteiger partial charge in [0.1, 0.15) is 12.7 Å². The number of likely N-dealkylation sites (tertiary alicyclic amines) is 1. The molecule has 5 heteroatoms.